The molecule has 6 heteroatoms. The van der Waals surface area contributed by atoms with Gasteiger partial charge in [-0.3, -0.25) is 0 Å². The summed E-state index contributed by atoms with van der Waals surface area (Å²) in [6.07, 6.45) is 0. The molecule has 0 fully saturated rings. The van der Waals surface area contributed by atoms with Gasteiger partial charge in [-0.05, 0) is 25.6 Å². The fourth-order valence-electron chi connectivity index (χ4n) is 1.40. The van der Waals surface area contributed by atoms with E-state index in [0.29, 0.717) is 11.4 Å². The number of hydrogen-bond acceptors (Lipinski definition) is 5. The molecule has 1 aromatic carbocycles. The second-order valence-corrected chi connectivity index (χ2v) is 5.89. The molecule has 0 saturated heterocycles. The van der Waals surface area contributed by atoms with E-state index in [4.69, 9.17) is 0 Å². The van der Waals surface area contributed by atoms with Gasteiger partial charge in [-0.25, -0.2) is 4.39 Å². The van der Waals surface area contributed by atoms with Crippen molar-refractivity contribution in [1.82, 2.24) is 15.5 Å². The van der Waals surface area contributed by atoms with Gasteiger partial charge in [0.25, 0.3) is 0 Å². The standard InChI is InChI=1S/C11H12FN3S2/c1-7-14-15-11(16-7)17-10-8(6-13-2)4-3-5-9(10)12/h3-5,13H,6H2,1-2H3. The normalized spacial score (nSPS) is 10.8. The Morgan fingerprint density at radius 2 is 2.24 bits per heavy atom. The molecule has 3 nitrogen and oxygen atoms in total. The first kappa shape index (κ1) is 12.5. The van der Waals surface area contributed by atoms with Gasteiger partial charge in [0.15, 0.2) is 4.34 Å². The summed E-state index contributed by atoms with van der Waals surface area (Å²) in [6, 6.07) is 5.10. The second-order valence-electron chi connectivity index (χ2n) is 3.45. The molecule has 0 aliphatic carbocycles. The molecule has 0 radical (unpaired) electrons. The minimum absolute atomic E-state index is 0.212. The van der Waals surface area contributed by atoms with Gasteiger partial charge in [-0.1, -0.05) is 35.2 Å². The van der Waals surface area contributed by atoms with E-state index in [-0.39, 0.29) is 5.82 Å². The van der Waals surface area contributed by atoms with Crippen molar-refractivity contribution < 1.29 is 4.39 Å². The number of nitrogens with one attached hydrogen (secondary N) is 1. The van der Waals surface area contributed by atoms with Crippen LogP contribution in [0.2, 0.25) is 0 Å². The summed E-state index contributed by atoms with van der Waals surface area (Å²) in [4.78, 5) is 0.623. The number of aromatic nitrogens is 2. The van der Waals surface area contributed by atoms with Crippen molar-refractivity contribution in [3.63, 3.8) is 0 Å². The number of aryl methyl sites for hydroxylation is 1. The lowest BCUT2D eigenvalue weighted by Gasteiger charge is -2.07. The predicted octanol–water partition coefficient (Wildman–Crippen LogP) is 2.86. The van der Waals surface area contributed by atoms with Gasteiger partial charge in [0.05, 0.1) is 4.90 Å². The van der Waals surface area contributed by atoms with E-state index in [1.54, 1.807) is 6.07 Å². The van der Waals surface area contributed by atoms with Crippen molar-refractivity contribution >= 4 is 23.1 Å². The van der Waals surface area contributed by atoms with E-state index in [9.17, 15) is 4.39 Å². The molecular weight excluding hydrogens is 257 g/mol. The van der Waals surface area contributed by atoms with E-state index >= 15 is 0 Å². The molecule has 0 unspecified atom stereocenters. The van der Waals surface area contributed by atoms with Crippen LogP contribution in [0.1, 0.15) is 10.6 Å². The van der Waals surface area contributed by atoms with Gasteiger partial charge in [0.2, 0.25) is 0 Å². The van der Waals surface area contributed by atoms with Gasteiger partial charge < -0.3 is 5.32 Å². The Balaban J connectivity index is 2.30. The quantitative estimate of drug-likeness (QED) is 0.926. The molecule has 0 amide bonds. The Morgan fingerprint density at radius 1 is 1.41 bits per heavy atom. The first-order chi connectivity index (χ1) is 8.20. The summed E-state index contributed by atoms with van der Waals surface area (Å²) in [7, 11) is 1.84. The largest absolute Gasteiger partial charge is 0.316 e. The first-order valence-electron chi connectivity index (χ1n) is 5.10. The van der Waals surface area contributed by atoms with Gasteiger partial charge in [0.1, 0.15) is 10.8 Å². The molecule has 0 aliphatic heterocycles. The zero-order chi connectivity index (χ0) is 12.3. The fourth-order valence-corrected chi connectivity index (χ4v) is 3.29. The molecule has 17 heavy (non-hydrogen) atoms. The molecular formula is C11H12FN3S2. The highest BCUT2D eigenvalue weighted by Gasteiger charge is 2.12. The Bertz CT molecular complexity index is 513. The second kappa shape index (κ2) is 5.57. The van der Waals surface area contributed by atoms with E-state index < -0.39 is 0 Å². The summed E-state index contributed by atoms with van der Waals surface area (Å²) in [6.45, 7) is 2.52. The van der Waals surface area contributed by atoms with Crippen LogP contribution < -0.4 is 5.32 Å². The van der Waals surface area contributed by atoms with Crippen LogP contribution >= 0.6 is 23.1 Å². The van der Waals surface area contributed by atoms with E-state index in [0.717, 1.165) is 14.9 Å². The SMILES string of the molecule is CNCc1cccc(F)c1Sc1nnc(C)s1. The highest BCUT2D eigenvalue weighted by atomic mass is 32.2. The third-order valence-electron chi connectivity index (χ3n) is 2.11. The smallest absolute Gasteiger partial charge is 0.179 e. The highest BCUT2D eigenvalue weighted by Crippen LogP contribution is 2.34. The van der Waals surface area contributed by atoms with Gasteiger partial charge in [0, 0.05) is 6.54 Å². The summed E-state index contributed by atoms with van der Waals surface area (Å²) in [5, 5.41) is 11.8. The molecule has 2 aromatic rings. The Morgan fingerprint density at radius 3 is 2.88 bits per heavy atom. The number of rotatable bonds is 4. The summed E-state index contributed by atoms with van der Waals surface area (Å²) < 4.78 is 14.5. The lowest BCUT2D eigenvalue weighted by atomic mass is 10.2. The minimum Gasteiger partial charge on any atom is -0.316 e. The topological polar surface area (TPSA) is 37.8 Å². The molecule has 2 rings (SSSR count). The number of halogens is 1. The highest BCUT2D eigenvalue weighted by molar-refractivity contribution is 8.01. The monoisotopic (exact) mass is 269 g/mol. The molecule has 0 atom stereocenters. The van der Waals surface area contributed by atoms with Gasteiger partial charge >= 0.3 is 0 Å². The van der Waals surface area contributed by atoms with Crippen molar-refractivity contribution in [2.75, 3.05) is 7.05 Å². The average molecular weight is 269 g/mol. The van der Waals surface area contributed by atoms with E-state index in [1.165, 1.54) is 29.2 Å². The summed E-state index contributed by atoms with van der Waals surface area (Å²) in [5.74, 6) is -0.212. The number of benzene rings is 1. The summed E-state index contributed by atoms with van der Waals surface area (Å²) >= 11 is 2.80. The number of hydrogen-bond donors (Lipinski definition) is 1. The van der Waals surface area contributed by atoms with Crippen LogP contribution in [0.5, 0.6) is 0 Å². The van der Waals surface area contributed by atoms with E-state index in [2.05, 4.69) is 15.5 Å². The Kier molecular flexibility index (Phi) is 4.09. The maximum absolute atomic E-state index is 13.8. The van der Waals surface area contributed by atoms with Gasteiger partial charge in [-0.2, -0.15) is 0 Å². The van der Waals surface area contributed by atoms with Crippen LogP contribution in [0.15, 0.2) is 27.4 Å². The average Bonchev–Trinajstić information content (AvgIpc) is 2.70. The molecule has 90 valence electrons. The maximum atomic E-state index is 13.8. The van der Waals surface area contributed by atoms with Crippen LogP contribution in [-0.4, -0.2) is 17.2 Å². The lowest BCUT2D eigenvalue weighted by molar-refractivity contribution is 0.594. The summed E-state index contributed by atoms with van der Waals surface area (Å²) in [5.41, 5.74) is 0.936. The van der Waals surface area contributed by atoms with Crippen LogP contribution in [0.3, 0.4) is 0 Å². The molecule has 1 heterocycles. The Labute approximate surface area is 107 Å². The molecule has 0 spiro atoms. The number of nitrogens with zero attached hydrogens (tertiary/aromatic N) is 2. The third-order valence-corrected chi connectivity index (χ3v) is 4.16. The van der Waals surface area contributed by atoms with Crippen LogP contribution in [-0.2, 0) is 6.54 Å². The van der Waals surface area contributed by atoms with Crippen LogP contribution in [0.4, 0.5) is 4.39 Å². The van der Waals surface area contributed by atoms with E-state index in [1.807, 2.05) is 20.0 Å². The zero-order valence-electron chi connectivity index (χ0n) is 9.53. The lowest BCUT2D eigenvalue weighted by Crippen LogP contribution is -2.06. The Hall–Kier alpha value is -0.980. The van der Waals surface area contributed by atoms with Crippen molar-refractivity contribution in [1.29, 1.82) is 0 Å². The molecule has 1 N–H and O–H groups in total. The van der Waals surface area contributed by atoms with Crippen LogP contribution in [0, 0.1) is 12.7 Å². The van der Waals surface area contributed by atoms with Crippen molar-refractivity contribution in [3.8, 4) is 0 Å². The predicted molar refractivity (Wildman–Crippen MR) is 67.9 cm³/mol. The molecule has 0 aliphatic rings. The maximum Gasteiger partial charge on any atom is 0.179 e. The zero-order valence-corrected chi connectivity index (χ0v) is 11.2. The fraction of sp³-hybridized carbons (Fsp3) is 0.273. The molecule has 1 aromatic heterocycles. The van der Waals surface area contributed by atoms with Crippen molar-refractivity contribution in [3.05, 3.63) is 34.6 Å². The van der Waals surface area contributed by atoms with Crippen LogP contribution in [0.25, 0.3) is 0 Å². The van der Waals surface area contributed by atoms with Crippen molar-refractivity contribution in [2.24, 2.45) is 0 Å². The minimum atomic E-state index is -0.212. The van der Waals surface area contributed by atoms with Gasteiger partial charge in [-0.15, -0.1) is 10.2 Å². The molecule has 0 saturated carbocycles. The molecule has 0 bridgehead atoms. The first-order valence-corrected chi connectivity index (χ1v) is 6.74. The van der Waals surface area contributed by atoms with Crippen molar-refractivity contribution in [2.45, 2.75) is 22.7 Å². The third kappa shape index (κ3) is 3.02.